The van der Waals surface area contributed by atoms with Crippen LogP contribution in [-0.2, 0) is 67.1 Å². The molecule has 3 aromatic rings. The Labute approximate surface area is 517 Å². The van der Waals surface area contributed by atoms with Gasteiger partial charge in [-0.2, -0.15) is 0 Å². The molecule has 10 atom stereocenters. The Balaban J connectivity index is 1.01. The third-order valence-corrected chi connectivity index (χ3v) is 19.0. The first kappa shape index (κ1) is 67.3. The number of rotatable bonds is 22. The number of hydrazine groups is 2. The molecule has 23 heteroatoms. The zero-order valence-corrected chi connectivity index (χ0v) is 53.7. The number of methoxy groups -OCH3 is 2. The van der Waals surface area contributed by atoms with Crippen molar-refractivity contribution in [2.45, 2.75) is 166 Å². The van der Waals surface area contributed by atoms with Gasteiger partial charge in [0.25, 0.3) is 0 Å². The lowest BCUT2D eigenvalue weighted by atomic mass is 9.83. The first-order valence-electron chi connectivity index (χ1n) is 30.7. The van der Waals surface area contributed by atoms with E-state index in [1.165, 1.54) is 35.8 Å². The Hall–Kier alpha value is -5.66. The number of aromatic nitrogens is 1. The lowest BCUT2D eigenvalue weighted by molar-refractivity contribution is -0.170. The number of aliphatic hydroxyl groups is 1. The van der Waals surface area contributed by atoms with Crippen LogP contribution in [0.5, 0.6) is 5.75 Å². The van der Waals surface area contributed by atoms with Crippen molar-refractivity contribution in [2.24, 2.45) is 11.8 Å². The van der Waals surface area contributed by atoms with Gasteiger partial charge in [0.2, 0.25) is 11.8 Å². The number of fused-ring (bicyclic) bond motifs is 8. The van der Waals surface area contributed by atoms with Crippen LogP contribution >= 0.6 is 11.6 Å². The van der Waals surface area contributed by atoms with Gasteiger partial charge in [0, 0.05) is 108 Å². The predicted molar refractivity (Wildman–Crippen MR) is 329 cm³/mol. The highest BCUT2D eigenvalue weighted by Crippen LogP contribution is 2.50. The summed E-state index contributed by atoms with van der Waals surface area (Å²) in [5.74, 6) is -1.74. The fourth-order valence-electron chi connectivity index (χ4n) is 13.4. The number of hydrogen-bond donors (Lipinski definition) is 3. The van der Waals surface area contributed by atoms with Crippen LogP contribution in [0.25, 0.3) is 10.9 Å². The average molecular weight is 1230 g/mol. The zero-order valence-electron chi connectivity index (χ0n) is 52.9. The molecule has 5 aliphatic heterocycles. The molecule has 5 aliphatic rings. The van der Waals surface area contributed by atoms with Gasteiger partial charge in [0.1, 0.15) is 40.7 Å². The van der Waals surface area contributed by atoms with Crippen molar-refractivity contribution < 1.29 is 67.3 Å². The molecule has 2 aromatic carbocycles. The maximum atomic E-state index is 14.9. The van der Waals surface area contributed by atoms with Crippen molar-refractivity contribution in [3.05, 3.63) is 82.0 Å². The number of carbonyl (C=O) groups is 5. The second-order valence-corrected chi connectivity index (χ2v) is 24.9. The second kappa shape index (κ2) is 29.3. The number of nitrogens with zero attached hydrogens (tertiary/aromatic N) is 7. The number of epoxide rings is 1. The van der Waals surface area contributed by atoms with Gasteiger partial charge in [0.05, 0.1) is 70.8 Å². The lowest BCUT2D eigenvalue weighted by Crippen LogP contribution is -2.63. The van der Waals surface area contributed by atoms with Crippen LogP contribution in [0.15, 0.2) is 60.2 Å². The Morgan fingerprint density at radius 3 is 2.40 bits per heavy atom. The molecule has 0 aliphatic carbocycles. The molecule has 0 radical (unpaired) electrons. The third kappa shape index (κ3) is 15.3. The minimum atomic E-state index is -1.87. The maximum Gasteiger partial charge on any atom is 0.409 e. The van der Waals surface area contributed by atoms with Gasteiger partial charge in [-0.05, 0) is 76.1 Å². The molecule has 22 nitrogen and oxygen atoms in total. The van der Waals surface area contributed by atoms with Gasteiger partial charge >= 0.3 is 18.0 Å². The van der Waals surface area contributed by atoms with Gasteiger partial charge < -0.3 is 57.7 Å². The van der Waals surface area contributed by atoms with E-state index < -0.39 is 71.6 Å². The molecule has 3 amide bonds. The number of allylic oxidation sites excluding steroid dienone is 3. The molecule has 0 spiro atoms. The van der Waals surface area contributed by atoms with Crippen LogP contribution in [0.2, 0.25) is 5.02 Å². The summed E-state index contributed by atoms with van der Waals surface area (Å²) in [6, 6.07) is 11.3. The molecular formula is C64H93ClN8O14. The van der Waals surface area contributed by atoms with Gasteiger partial charge in [-0.15, -0.1) is 0 Å². The molecule has 87 heavy (non-hydrogen) atoms. The van der Waals surface area contributed by atoms with Gasteiger partial charge in [-0.1, -0.05) is 80.8 Å². The Bertz CT molecular complexity index is 2990. The van der Waals surface area contributed by atoms with Crippen molar-refractivity contribution in [2.75, 3.05) is 93.4 Å². The number of likely N-dealkylation sites (tertiary alicyclic amines) is 1. The molecule has 3 fully saturated rings. The number of amides is 3. The molecule has 0 saturated carbocycles. The number of carboxylic acids is 1. The molecule has 6 heterocycles. The third-order valence-electron chi connectivity index (χ3n) is 18.6. The van der Waals surface area contributed by atoms with Crippen LogP contribution in [-0.4, -0.2) is 206 Å². The van der Waals surface area contributed by atoms with E-state index in [1.54, 1.807) is 39.1 Å². The van der Waals surface area contributed by atoms with Crippen molar-refractivity contribution in [1.29, 1.82) is 0 Å². The SMILES string of the molecule is CCCC(C)C1c2c(n(CCC(=O)N3CCC(N(CCOCCOCCC(=O)O)N(C)[C@H](C)C(=O)O[C@H]4CC(=O)N(C)c5cc(cc(OC)c5Cl)C/C(C)=C/C=C/[C@@H](OC)[C@@]5(O)C[C@H](OC(=O)N5)[C@@H](C)C5O[C@]54C)CC3)c3ccccc23)CN(C)N1C. The van der Waals surface area contributed by atoms with E-state index in [4.69, 9.17) is 49.9 Å². The molecule has 3 unspecified atom stereocenters. The van der Waals surface area contributed by atoms with Crippen LogP contribution in [0.4, 0.5) is 10.5 Å². The molecule has 4 bridgehead atoms. The van der Waals surface area contributed by atoms with E-state index in [0.29, 0.717) is 69.2 Å². The first-order chi connectivity index (χ1) is 41.4. The predicted octanol–water partition coefficient (Wildman–Crippen LogP) is 7.52. The second-order valence-electron chi connectivity index (χ2n) is 24.5. The summed E-state index contributed by atoms with van der Waals surface area (Å²) in [6.07, 6.45) is 4.32. The van der Waals surface area contributed by atoms with E-state index in [2.05, 4.69) is 77.1 Å². The summed E-state index contributed by atoms with van der Waals surface area (Å²) in [5.41, 5.74) is 2.70. The highest BCUT2D eigenvalue weighted by molar-refractivity contribution is 6.35. The van der Waals surface area contributed by atoms with E-state index in [0.717, 1.165) is 36.0 Å². The van der Waals surface area contributed by atoms with Crippen molar-refractivity contribution in [1.82, 2.24) is 34.8 Å². The number of piperidine rings is 1. The first-order valence-corrected chi connectivity index (χ1v) is 31.1. The van der Waals surface area contributed by atoms with Gasteiger partial charge in [0.15, 0.2) is 5.72 Å². The number of nitrogens with one attached hydrogen (secondary N) is 1. The highest BCUT2D eigenvalue weighted by atomic mass is 35.5. The number of carbonyl (C=O) groups excluding carboxylic acids is 4. The topological polar surface area (TPSA) is 230 Å². The summed E-state index contributed by atoms with van der Waals surface area (Å²) in [4.78, 5) is 71.7. The standard InChI is InChI=1S/C64H93ClN8O14/c1-13-17-41(3)59-57-46-19-14-15-20-47(46)72(49(57)39-67(7)70(59)10)28-24-54(74)71-26-22-45(23-27-71)73(29-31-84-33-32-83-30-25-56(76)77)69(9)43(5)61(78)86-53-37-55(75)68(8)48-35-44(36-50(81-11)58(48)65)34-40(2)18-16-21-52(82-12)64(80)38-51(85-62(79)66-64)42(4)60-63(53,6)87-60/h14-16,18-21,35-36,41-43,45,51-53,59-60,80H,13,17,22-34,37-39H2,1-12H3,(H,66,79)(H,76,77)/b21-16+,40-18+/t41?,42-,43-,51+,52-,53+,59?,60?,63+,64+/m1/s1. The van der Waals surface area contributed by atoms with Crippen LogP contribution in [0.1, 0.15) is 116 Å². The number of anilines is 1. The maximum absolute atomic E-state index is 14.9. The number of aryl methyl sites for hydroxylation is 1. The number of likely N-dealkylation sites (N-methyl/N-ethyl adjacent to an activating group) is 1. The number of esters is 1. The van der Waals surface area contributed by atoms with Crippen molar-refractivity contribution in [3.63, 3.8) is 0 Å². The van der Waals surface area contributed by atoms with E-state index in [-0.39, 0.29) is 68.7 Å². The summed E-state index contributed by atoms with van der Waals surface area (Å²) < 4.78 is 44.2. The Morgan fingerprint density at radius 2 is 1.71 bits per heavy atom. The van der Waals surface area contributed by atoms with Crippen LogP contribution < -0.4 is 15.0 Å². The molecule has 8 rings (SSSR count). The van der Waals surface area contributed by atoms with Crippen molar-refractivity contribution in [3.8, 4) is 5.75 Å². The fourth-order valence-corrected chi connectivity index (χ4v) is 13.7. The highest BCUT2D eigenvalue weighted by Gasteiger charge is 2.64. The number of hydrogen-bond acceptors (Lipinski definition) is 17. The minimum absolute atomic E-state index is 0.0593. The average Bonchev–Trinajstić information content (AvgIpc) is 1.61. The largest absolute Gasteiger partial charge is 0.495 e. The molecule has 3 N–H and O–H groups in total. The van der Waals surface area contributed by atoms with Gasteiger partial charge in [-0.25, -0.2) is 24.8 Å². The number of ether oxygens (including phenoxy) is 7. The Morgan fingerprint density at radius 1 is 1.00 bits per heavy atom. The molecular weight excluding hydrogens is 1140 g/mol. The number of carboxylic acid groups (broad SMARTS) is 1. The smallest absolute Gasteiger partial charge is 0.409 e. The van der Waals surface area contributed by atoms with E-state index >= 15 is 0 Å². The molecule has 480 valence electrons. The number of alkyl carbamates (subject to hydrolysis) is 1. The monoisotopic (exact) mass is 1230 g/mol. The van der Waals surface area contributed by atoms with Gasteiger partial charge in [-0.3, -0.25) is 24.5 Å². The summed E-state index contributed by atoms with van der Waals surface area (Å²) >= 11 is 6.95. The summed E-state index contributed by atoms with van der Waals surface area (Å²) in [7, 11) is 10.7. The fraction of sp³-hybridized carbons (Fsp3) is 0.641. The Kier molecular flexibility index (Phi) is 22.7. The van der Waals surface area contributed by atoms with Crippen molar-refractivity contribution >= 4 is 58.0 Å². The number of halogens is 1. The molecule has 3 saturated heterocycles. The van der Waals surface area contributed by atoms with Crippen LogP contribution in [0, 0.1) is 11.8 Å². The molecule has 1 aromatic heterocycles. The number of benzene rings is 2. The quantitative estimate of drug-likeness (QED) is 0.0382. The summed E-state index contributed by atoms with van der Waals surface area (Å²) in [6.45, 7) is 15.2. The number of aliphatic carboxylic acids is 1. The minimum Gasteiger partial charge on any atom is -0.495 e. The zero-order chi connectivity index (χ0) is 63.1. The normalized spacial score (nSPS) is 27.7. The van der Waals surface area contributed by atoms with E-state index in [9.17, 15) is 29.1 Å². The van der Waals surface area contributed by atoms with Crippen LogP contribution in [0.3, 0.4) is 0 Å². The summed E-state index contributed by atoms with van der Waals surface area (Å²) in [5, 5.41) is 33.7. The van der Waals surface area contributed by atoms with E-state index in [1.807, 2.05) is 42.9 Å². The number of para-hydroxylation sites is 1. The lowest BCUT2D eigenvalue weighted by Gasteiger charge is -2.44.